The summed E-state index contributed by atoms with van der Waals surface area (Å²) in [5, 5.41) is 1.88. The molecule has 110 valence electrons. The summed E-state index contributed by atoms with van der Waals surface area (Å²) in [7, 11) is -3.61. The summed E-state index contributed by atoms with van der Waals surface area (Å²) in [4.78, 5) is 13.4. The van der Waals surface area contributed by atoms with Crippen molar-refractivity contribution < 1.29 is 13.2 Å². The molecule has 0 atom stereocenters. The van der Waals surface area contributed by atoms with Crippen molar-refractivity contribution in [2.45, 2.75) is 18.2 Å². The van der Waals surface area contributed by atoms with Crippen molar-refractivity contribution in [3.63, 3.8) is 0 Å². The van der Waals surface area contributed by atoms with E-state index in [1.54, 1.807) is 30.3 Å². The average Bonchev–Trinajstić information content (AvgIpc) is 2.86. The van der Waals surface area contributed by atoms with Gasteiger partial charge < -0.3 is 0 Å². The lowest BCUT2D eigenvalue weighted by molar-refractivity contribution is 0.0972. The van der Waals surface area contributed by atoms with Crippen LogP contribution in [0.15, 0.2) is 40.6 Å². The number of ketones is 1. The maximum Gasteiger partial charge on any atom is 0.243 e. The Bertz CT molecular complexity index is 776. The number of benzene rings is 1. The molecule has 2 heterocycles. The Morgan fingerprint density at radius 1 is 1.14 bits per heavy atom. The summed E-state index contributed by atoms with van der Waals surface area (Å²) in [6.07, 6.45) is 0.587. The number of Topliss-reactive ketones (excluding diaryl/α,β-unsaturated/α-hetero) is 1. The molecule has 1 aromatic heterocycles. The minimum Gasteiger partial charge on any atom is -0.293 e. The number of hydrogen-bond donors (Lipinski definition) is 0. The Morgan fingerprint density at radius 2 is 1.86 bits per heavy atom. The van der Waals surface area contributed by atoms with Crippen molar-refractivity contribution >= 4 is 27.1 Å². The summed E-state index contributed by atoms with van der Waals surface area (Å²) in [6.45, 7) is 2.17. The summed E-state index contributed by atoms with van der Waals surface area (Å²) in [5.74, 6) is -0.126. The van der Waals surface area contributed by atoms with E-state index in [1.165, 1.54) is 15.6 Å². The number of sulfonamides is 1. The first kappa shape index (κ1) is 14.4. The molecule has 0 N–H and O–H groups in total. The smallest absolute Gasteiger partial charge is 0.243 e. The lowest BCUT2D eigenvalue weighted by Gasteiger charge is -2.19. The predicted octanol–water partition coefficient (Wildman–Crippen LogP) is 2.49. The quantitative estimate of drug-likeness (QED) is 0.854. The highest BCUT2D eigenvalue weighted by Crippen LogP contribution is 2.25. The molecule has 0 fully saturated rings. The number of thiophene rings is 1. The van der Waals surface area contributed by atoms with Gasteiger partial charge in [-0.15, -0.1) is 11.3 Å². The first-order valence-corrected chi connectivity index (χ1v) is 8.97. The van der Waals surface area contributed by atoms with Crippen LogP contribution in [0.3, 0.4) is 0 Å². The van der Waals surface area contributed by atoms with Crippen LogP contribution in [-0.4, -0.2) is 31.6 Å². The van der Waals surface area contributed by atoms with Gasteiger partial charge in [0.05, 0.1) is 11.4 Å². The van der Waals surface area contributed by atoms with E-state index in [-0.39, 0.29) is 17.2 Å². The van der Waals surface area contributed by atoms with Gasteiger partial charge in [-0.1, -0.05) is 17.7 Å². The molecule has 3 rings (SSSR count). The molecule has 4 nitrogen and oxygen atoms in total. The fourth-order valence-electron chi connectivity index (χ4n) is 2.40. The van der Waals surface area contributed by atoms with E-state index in [2.05, 4.69) is 0 Å². The molecule has 0 bridgehead atoms. The van der Waals surface area contributed by atoms with Gasteiger partial charge in [0.25, 0.3) is 0 Å². The normalized spacial score (nSPS) is 16.5. The zero-order valence-electron chi connectivity index (χ0n) is 11.6. The van der Waals surface area contributed by atoms with E-state index in [9.17, 15) is 13.2 Å². The van der Waals surface area contributed by atoms with Crippen LogP contribution in [0, 0.1) is 6.92 Å². The fourth-order valence-corrected chi connectivity index (χ4v) is 4.68. The number of aryl methyl sites for hydroxylation is 1. The Kier molecular flexibility index (Phi) is 3.69. The molecule has 1 aromatic carbocycles. The van der Waals surface area contributed by atoms with Gasteiger partial charge in [0.2, 0.25) is 10.0 Å². The van der Waals surface area contributed by atoms with Crippen LogP contribution >= 0.6 is 11.3 Å². The highest BCUT2D eigenvalue weighted by molar-refractivity contribution is 7.89. The van der Waals surface area contributed by atoms with Crippen molar-refractivity contribution in [2.24, 2.45) is 0 Å². The topological polar surface area (TPSA) is 54.5 Å². The van der Waals surface area contributed by atoms with Crippen LogP contribution in [0.5, 0.6) is 0 Å². The third-order valence-electron chi connectivity index (χ3n) is 3.61. The third-order valence-corrected chi connectivity index (χ3v) is 6.45. The van der Waals surface area contributed by atoms with Gasteiger partial charge in [0, 0.05) is 17.0 Å². The van der Waals surface area contributed by atoms with E-state index >= 15 is 0 Å². The molecule has 0 aliphatic carbocycles. The largest absolute Gasteiger partial charge is 0.293 e. The molecule has 2 aromatic rings. The highest BCUT2D eigenvalue weighted by Gasteiger charge is 2.30. The standard InChI is InChI=1S/C15H15NO3S2/c1-11-2-4-12(5-3-11)21(18,19)16-8-6-15-13(7-9-20-15)14(17)10-16/h2-5,7,9H,6,8,10H2,1H3. The van der Waals surface area contributed by atoms with Crippen LogP contribution in [0.4, 0.5) is 0 Å². The molecular weight excluding hydrogens is 306 g/mol. The van der Waals surface area contributed by atoms with Crippen molar-refractivity contribution in [1.82, 2.24) is 4.31 Å². The van der Waals surface area contributed by atoms with Crippen LogP contribution < -0.4 is 0 Å². The molecule has 1 aliphatic rings. The zero-order valence-corrected chi connectivity index (χ0v) is 13.2. The van der Waals surface area contributed by atoms with Crippen LogP contribution in [0.25, 0.3) is 0 Å². The van der Waals surface area contributed by atoms with Crippen molar-refractivity contribution in [3.05, 3.63) is 51.7 Å². The lowest BCUT2D eigenvalue weighted by Crippen LogP contribution is -2.35. The van der Waals surface area contributed by atoms with Crippen molar-refractivity contribution in [2.75, 3.05) is 13.1 Å². The van der Waals surface area contributed by atoms with Crippen LogP contribution in [0.1, 0.15) is 20.8 Å². The molecule has 0 radical (unpaired) electrons. The molecular formula is C15H15NO3S2. The Hall–Kier alpha value is -1.50. The summed E-state index contributed by atoms with van der Waals surface area (Å²) >= 11 is 1.51. The average molecular weight is 321 g/mol. The van der Waals surface area contributed by atoms with E-state index in [4.69, 9.17) is 0 Å². The Labute approximate surface area is 128 Å². The van der Waals surface area contributed by atoms with Crippen LogP contribution in [-0.2, 0) is 16.4 Å². The van der Waals surface area contributed by atoms with E-state index in [0.29, 0.717) is 18.5 Å². The molecule has 0 spiro atoms. The minimum atomic E-state index is -3.61. The number of hydrogen-bond acceptors (Lipinski definition) is 4. The molecule has 6 heteroatoms. The lowest BCUT2D eigenvalue weighted by atomic mass is 10.1. The maximum absolute atomic E-state index is 12.6. The van der Waals surface area contributed by atoms with Gasteiger partial charge in [-0.2, -0.15) is 4.31 Å². The molecule has 0 saturated heterocycles. The summed E-state index contributed by atoms with van der Waals surface area (Å²) in [6, 6.07) is 8.50. The second-order valence-electron chi connectivity index (χ2n) is 5.08. The minimum absolute atomic E-state index is 0.0834. The molecule has 21 heavy (non-hydrogen) atoms. The number of carbonyl (C=O) groups excluding carboxylic acids is 1. The second-order valence-corrected chi connectivity index (χ2v) is 8.02. The van der Waals surface area contributed by atoms with E-state index in [1.807, 2.05) is 12.3 Å². The van der Waals surface area contributed by atoms with Crippen LogP contribution in [0.2, 0.25) is 0 Å². The fraction of sp³-hybridized carbons (Fsp3) is 0.267. The Balaban J connectivity index is 1.92. The van der Waals surface area contributed by atoms with Gasteiger partial charge in [0.15, 0.2) is 5.78 Å². The van der Waals surface area contributed by atoms with Crippen molar-refractivity contribution in [3.8, 4) is 0 Å². The second kappa shape index (κ2) is 5.36. The maximum atomic E-state index is 12.6. The SMILES string of the molecule is Cc1ccc(S(=O)(=O)N2CCc3sccc3C(=O)C2)cc1. The molecule has 1 aliphatic heterocycles. The summed E-state index contributed by atoms with van der Waals surface area (Å²) < 4.78 is 26.6. The third kappa shape index (κ3) is 2.66. The highest BCUT2D eigenvalue weighted by atomic mass is 32.2. The monoisotopic (exact) mass is 321 g/mol. The molecule has 0 amide bonds. The zero-order chi connectivity index (χ0) is 15.0. The number of rotatable bonds is 2. The van der Waals surface area contributed by atoms with E-state index < -0.39 is 10.0 Å². The first-order chi connectivity index (χ1) is 9.98. The predicted molar refractivity (Wildman–Crippen MR) is 82.3 cm³/mol. The van der Waals surface area contributed by atoms with Gasteiger partial charge in [-0.3, -0.25) is 4.79 Å². The van der Waals surface area contributed by atoms with Gasteiger partial charge in [0.1, 0.15) is 0 Å². The van der Waals surface area contributed by atoms with Crippen molar-refractivity contribution in [1.29, 1.82) is 0 Å². The number of fused-ring (bicyclic) bond motifs is 1. The molecule has 0 saturated carbocycles. The van der Waals surface area contributed by atoms with E-state index in [0.717, 1.165) is 10.4 Å². The number of nitrogens with zero attached hydrogens (tertiary/aromatic N) is 1. The van der Waals surface area contributed by atoms with Gasteiger partial charge in [-0.05, 0) is 36.9 Å². The first-order valence-electron chi connectivity index (χ1n) is 6.65. The number of carbonyl (C=O) groups is 1. The molecule has 0 unspecified atom stereocenters. The van der Waals surface area contributed by atoms with Gasteiger partial charge >= 0.3 is 0 Å². The Morgan fingerprint density at radius 3 is 2.57 bits per heavy atom. The van der Waals surface area contributed by atoms with Gasteiger partial charge in [-0.25, -0.2) is 8.42 Å². The summed E-state index contributed by atoms with van der Waals surface area (Å²) in [5.41, 5.74) is 1.67.